The molecule has 1 fully saturated rings. The smallest absolute Gasteiger partial charge is 0.148 e. The molecule has 1 N–H and O–H groups in total. The van der Waals surface area contributed by atoms with Gasteiger partial charge >= 0.3 is 0 Å². The first-order valence-electron chi connectivity index (χ1n) is 7.97. The van der Waals surface area contributed by atoms with Gasteiger partial charge in [-0.25, -0.2) is 0 Å². The first-order valence-corrected chi connectivity index (χ1v) is 7.97. The molecule has 0 aliphatic carbocycles. The molecule has 0 bridgehead atoms. The average Bonchev–Trinajstić information content (AvgIpc) is 2.54. The zero-order chi connectivity index (χ0) is 14.8. The fraction of sp³-hybridized carbons (Fsp3) is 0.556. The van der Waals surface area contributed by atoms with E-state index in [0.717, 1.165) is 18.8 Å². The molecule has 2 rings (SSSR count). The number of benzene rings is 1. The highest BCUT2D eigenvalue weighted by molar-refractivity contribution is 5.33. The molecule has 0 amide bonds. The van der Waals surface area contributed by atoms with Gasteiger partial charge in [0.2, 0.25) is 0 Å². The second-order valence-electron chi connectivity index (χ2n) is 5.53. The van der Waals surface area contributed by atoms with E-state index in [0.29, 0.717) is 6.61 Å². The maximum Gasteiger partial charge on any atom is 0.148 e. The van der Waals surface area contributed by atoms with Gasteiger partial charge in [0.25, 0.3) is 0 Å². The summed E-state index contributed by atoms with van der Waals surface area (Å²) in [5.74, 6) is 3.40. The van der Waals surface area contributed by atoms with Gasteiger partial charge in [0.05, 0.1) is 0 Å². The maximum atomic E-state index is 5.55. The van der Waals surface area contributed by atoms with Crippen LogP contribution in [-0.4, -0.2) is 37.7 Å². The number of terminal acetylenes is 1. The molecule has 1 heterocycles. The van der Waals surface area contributed by atoms with E-state index in [1.807, 2.05) is 18.2 Å². The van der Waals surface area contributed by atoms with Crippen molar-refractivity contribution >= 4 is 0 Å². The topological polar surface area (TPSA) is 24.5 Å². The minimum atomic E-state index is 0.325. The van der Waals surface area contributed by atoms with Crippen molar-refractivity contribution in [3.8, 4) is 18.1 Å². The Labute approximate surface area is 128 Å². The van der Waals surface area contributed by atoms with Gasteiger partial charge in [-0.15, -0.1) is 6.42 Å². The lowest BCUT2D eigenvalue weighted by Gasteiger charge is -2.26. The molecule has 0 radical (unpaired) electrons. The summed E-state index contributed by atoms with van der Waals surface area (Å²) in [5, 5.41) is 3.50. The van der Waals surface area contributed by atoms with Crippen molar-refractivity contribution in [3.05, 3.63) is 29.8 Å². The zero-order valence-corrected chi connectivity index (χ0v) is 12.8. The van der Waals surface area contributed by atoms with Crippen molar-refractivity contribution in [1.82, 2.24) is 10.2 Å². The Morgan fingerprint density at radius 1 is 1.19 bits per heavy atom. The summed E-state index contributed by atoms with van der Waals surface area (Å²) in [5.41, 5.74) is 1.17. The molecule has 1 saturated heterocycles. The molecule has 1 aliphatic heterocycles. The molecule has 114 valence electrons. The Bertz CT molecular complexity index is 447. The van der Waals surface area contributed by atoms with Gasteiger partial charge in [-0.1, -0.05) is 30.5 Å². The van der Waals surface area contributed by atoms with Crippen molar-refractivity contribution in [2.45, 2.75) is 32.2 Å². The Hall–Kier alpha value is -1.50. The van der Waals surface area contributed by atoms with Crippen LogP contribution in [0, 0.1) is 12.3 Å². The van der Waals surface area contributed by atoms with Gasteiger partial charge in [-0.05, 0) is 51.5 Å². The van der Waals surface area contributed by atoms with E-state index < -0.39 is 0 Å². The van der Waals surface area contributed by atoms with E-state index >= 15 is 0 Å². The normalized spacial score (nSPS) is 15.6. The predicted octanol–water partition coefficient (Wildman–Crippen LogP) is 2.66. The van der Waals surface area contributed by atoms with Crippen molar-refractivity contribution in [1.29, 1.82) is 0 Å². The van der Waals surface area contributed by atoms with E-state index in [1.165, 1.54) is 50.9 Å². The van der Waals surface area contributed by atoms with Crippen molar-refractivity contribution in [2.24, 2.45) is 0 Å². The molecule has 1 aliphatic rings. The SMILES string of the molecule is C#CCOc1ccccc1CNCCCN1CCCCC1. The molecular weight excluding hydrogens is 260 g/mol. The first kappa shape index (κ1) is 15.9. The number of likely N-dealkylation sites (tertiary alicyclic amines) is 1. The van der Waals surface area contributed by atoms with Crippen LogP contribution in [-0.2, 0) is 6.54 Å². The number of nitrogens with one attached hydrogen (secondary N) is 1. The predicted molar refractivity (Wildman–Crippen MR) is 87.4 cm³/mol. The van der Waals surface area contributed by atoms with Crippen LogP contribution in [0.5, 0.6) is 5.75 Å². The Morgan fingerprint density at radius 2 is 2.00 bits per heavy atom. The highest BCUT2D eigenvalue weighted by Crippen LogP contribution is 2.17. The molecular formula is C18H26N2O. The highest BCUT2D eigenvalue weighted by Gasteiger charge is 2.08. The molecule has 21 heavy (non-hydrogen) atoms. The average molecular weight is 286 g/mol. The van der Waals surface area contributed by atoms with Crippen LogP contribution in [0.1, 0.15) is 31.2 Å². The van der Waals surface area contributed by atoms with E-state index in [1.54, 1.807) is 0 Å². The Kier molecular flexibility index (Phi) is 7.14. The molecule has 0 unspecified atom stereocenters. The van der Waals surface area contributed by atoms with Gasteiger partial charge in [0.1, 0.15) is 12.4 Å². The highest BCUT2D eigenvalue weighted by atomic mass is 16.5. The van der Waals surface area contributed by atoms with Gasteiger partial charge in [-0.2, -0.15) is 0 Å². The quantitative estimate of drug-likeness (QED) is 0.587. The van der Waals surface area contributed by atoms with E-state index in [9.17, 15) is 0 Å². The lowest BCUT2D eigenvalue weighted by Crippen LogP contribution is -2.32. The monoisotopic (exact) mass is 286 g/mol. The largest absolute Gasteiger partial charge is 0.481 e. The van der Waals surface area contributed by atoms with Crippen LogP contribution >= 0.6 is 0 Å². The van der Waals surface area contributed by atoms with Crippen molar-refractivity contribution in [2.75, 3.05) is 32.8 Å². The lowest BCUT2D eigenvalue weighted by atomic mass is 10.1. The first-order chi connectivity index (χ1) is 10.4. The van der Waals surface area contributed by atoms with Crippen LogP contribution in [0.2, 0.25) is 0 Å². The Balaban J connectivity index is 1.65. The maximum absolute atomic E-state index is 5.55. The molecule has 1 aromatic carbocycles. The number of piperidine rings is 1. The third kappa shape index (κ3) is 5.79. The van der Waals surface area contributed by atoms with Crippen LogP contribution in [0.3, 0.4) is 0 Å². The third-order valence-corrected chi connectivity index (χ3v) is 3.88. The summed E-state index contributed by atoms with van der Waals surface area (Å²) in [4.78, 5) is 2.58. The minimum absolute atomic E-state index is 0.325. The van der Waals surface area contributed by atoms with E-state index in [2.05, 4.69) is 22.2 Å². The van der Waals surface area contributed by atoms with Gasteiger partial charge < -0.3 is 15.0 Å². The molecule has 0 aromatic heterocycles. The fourth-order valence-corrected chi connectivity index (χ4v) is 2.74. The van der Waals surface area contributed by atoms with E-state index in [-0.39, 0.29) is 0 Å². The number of hydrogen-bond donors (Lipinski definition) is 1. The molecule has 0 saturated carbocycles. The van der Waals surface area contributed by atoms with Gasteiger partial charge in [0.15, 0.2) is 0 Å². The van der Waals surface area contributed by atoms with Crippen LogP contribution in [0.15, 0.2) is 24.3 Å². The molecule has 0 spiro atoms. The minimum Gasteiger partial charge on any atom is -0.481 e. The van der Waals surface area contributed by atoms with Gasteiger partial charge in [-0.3, -0.25) is 0 Å². The van der Waals surface area contributed by atoms with Crippen LogP contribution in [0.4, 0.5) is 0 Å². The summed E-state index contributed by atoms with van der Waals surface area (Å²) >= 11 is 0. The second kappa shape index (κ2) is 9.44. The number of ether oxygens (including phenoxy) is 1. The molecule has 3 nitrogen and oxygen atoms in total. The molecule has 1 aromatic rings. The Morgan fingerprint density at radius 3 is 2.81 bits per heavy atom. The fourth-order valence-electron chi connectivity index (χ4n) is 2.74. The molecule has 3 heteroatoms. The van der Waals surface area contributed by atoms with E-state index in [4.69, 9.17) is 11.2 Å². The number of hydrogen-bond acceptors (Lipinski definition) is 3. The summed E-state index contributed by atoms with van der Waals surface area (Å²) < 4.78 is 5.55. The number of rotatable bonds is 8. The summed E-state index contributed by atoms with van der Waals surface area (Å²) in [6.45, 7) is 5.97. The summed E-state index contributed by atoms with van der Waals surface area (Å²) in [6, 6.07) is 8.07. The second-order valence-corrected chi connectivity index (χ2v) is 5.53. The van der Waals surface area contributed by atoms with Crippen molar-refractivity contribution < 1.29 is 4.74 Å². The lowest BCUT2D eigenvalue weighted by molar-refractivity contribution is 0.225. The van der Waals surface area contributed by atoms with Gasteiger partial charge in [0, 0.05) is 12.1 Å². The summed E-state index contributed by atoms with van der Waals surface area (Å²) in [6.07, 6.45) is 10.6. The number of para-hydroxylation sites is 1. The molecule has 0 atom stereocenters. The van der Waals surface area contributed by atoms with Crippen molar-refractivity contribution in [3.63, 3.8) is 0 Å². The third-order valence-electron chi connectivity index (χ3n) is 3.88. The summed E-state index contributed by atoms with van der Waals surface area (Å²) in [7, 11) is 0. The standard InChI is InChI=1S/C18H26N2O/c1-2-15-21-18-10-5-4-9-17(18)16-19-11-8-14-20-12-6-3-7-13-20/h1,4-5,9-10,19H,3,6-8,11-16H2. The number of nitrogens with zero attached hydrogens (tertiary/aromatic N) is 1. The van der Waals surface area contributed by atoms with Crippen LogP contribution < -0.4 is 10.1 Å². The zero-order valence-electron chi connectivity index (χ0n) is 12.8. The van der Waals surface area contributed by atoms with Crippen LogP contribution in [0.25, 0.3) is 0 Å².